The molecule has 1 aliphatic carbocycles. The predicted octanol–water partition coefficient (Wildman–Crippen LogP) is 1.38. The van der Waals surface area contributed by atoms with Gasteiger partial charge in [-0.05, 0) is 47.6 Å². The Hall–Kier alpha value is -1.08. The molecule has 1 aromatic rings. The molecule has 1 aromatic heterocycles. The summed E-state index contributed by atoms with van der Waals surface area (Å²) >= 11 is 1.67. The van der Waals surface area contributed by atoms with Crippen molar-refractivity contribution in [2.24, 2.45) is 10.9 Å². The van der Waals surface area contributed by atoms with Crippen LogP contribution in [0, 0.1) is 5.92 Å². The Morgan fingerprint density at radius 2 is 2.24 bits per heavy atom. The van der Waals surface area contributed by atoms with Crippen LogP contribution in [0.25, 0.3) is 0 Å². The quantitative estimate of drug-likeness (QED) is 0.633. The van der Waals surface area contributed by atoms with Gasteiger partial charge in [0.25, 0.3) is 0 Å². The van der Waals surface area contributed by atoms with Gasteiger partial charge in [-0.2, -0.15) is 11.3 Å². The molecule has 2 heterocycles. The van der Waals surface area contributed by atoms with Gasteiger partial charge in [0.2, 0.25) is 0 Å². The second kappa shape index (κ2) is 6.36. The third-order valence-electron chi connectivity index (χ3n) is 3.80. The second-order valence-corrected chi connectivity index (χ2v) is 8.87. The van der Waals surface area contributed by atoms with Crippen LogP contribution in [0.2, 0.25) is 0 Å². The number of sulfone groups is 1. The minimum atomic E-state index is -2.80. The maximum absolute atomic E-state index is 11.5. The Morgan fingerprint density at radius 1 is 1.38 bits per heavy atom. The van der Waals surface area contributed by atoms with Crippen LogP contribution in [-0.4, -0.2) is 38.5 Å². The van der Waals surface area contributed by atoms with Crippen molar-refractivity contribution in [3.63, 3.8) is 0 Å². The van der Waals surface area contributed by atoms with E-state index in [2.05, 4.69) is 32.5 Å². The highest BCUT2D eigenvalue weighted by Crippen LogP contribution is 2.19. The average Bonchev–Trinajstić information content (AvgIpc) is 2.97. The molecule has 1 atom stereocenters. The molecule has 2 fully saturated rings. The van der Waals surface area contributed by atoms with Gasteiger partial charge in [-0.3, -0.25) is 0 Å². The molecule has 0 amide bonds. The first-order valence-corrected chi connectivity index (χ1v) is 10.1. The number of nitrogens with one attached hydrogen (secondary N) is 2. The minimum absolute atomic E-state index is 0.211. The molecule has 1 saturated carbocycles. The Morgan fingerprint density at radius 3 is 2.86 bits per heavy atom. The van der Waals surface area contributed by atoms with E-state index < -0.39 is 9.84 Å². The van der Waals surface area contributed by atoms with Gasteiger partial charge in [0, 0.05) is 12.6 Å². The fourth-order valence-electron chi connectivity index (χ4n) is 2.40. The summed E-state index contributed by atoms with van der Waals surface area (Å²) in [5.74, 6) is 1.66. The molecule has 5 nitrogen and oxygen atoms in total. The van der Waals surface area contributed by atoms with Gasteiger partial charge in [-0.15, -0.1) is 0 Å². The summed E-state index contributed by atoms with van der Waals surface area (Å²) in [6.07, 6.45) is 3.14. The molecule has 2 aliphatic rings. The van der Waals surface area contributed by atoms with E-state index in [9.17, 15) is 8.42 Å². The van der Waals surface area contributed by atoms with Gasteiger partial charge < -0.3 is 10.6 Å². The third kappa shape index (κ3) is 4.71. The third-order valence-corrected chi connectivity index (χ3v) is 6.37. The zero-order valence-electron chi connectivity index (χ0n) is 11.9. The van der Waals surface area contributed by atoms with E-state index in [0.717, 1.165) is 12.4 Å². The van der Waals surface area contributed by atoms with Gasteiger partial charge in [0.05, 0.1) is 18.1 Å². The Balaban J connectivity index is 1.53. The van der Waals surface area contributed by atoms with Gasteiger partial charge >= 0.3 is 0 Å². The number of hydrogen-bond acceptors (Lipinski definition) is 4. The van der Waals surface area contributed by atoms with Crippen molar-refractivity contribution in [2.45, 2.75) is 31.8 Å². The fourth-order valence-corrected chi connectivity index (χ4v) is 4.92. The van der Waals surface area contributed by atoms with Crippen molar-refractivity contribution in [3.8, 4) is 0 Å². The van der Waals surface area contributed by atoms with Crippen LogP contribution < -0.4 is 10.6 Å². The van der Waals surface area contributed by atoms with Crippen LogP contribution in [0.3, 0.4) is 0 Å². The number of guanidine groups is 1. The summed E-state index contributed by atoms with van der Waals surface area (Å²) in [6, 6.07) is 2.61. The van der Waals surface area contributed by atoms with Crippen molar-refractivity contribution in [1.82, 2.24) is 10.6 Å². The molecule has 1 unspecified atom stereocenters. The molecule has 7 heteroatoms. The van der Waals surface area contributed by atoms with Crippen LogP contribution in [0.5, 0.6) is 0 Å². The van der Waals surface area contributed by atoms with Crippen LogP contribution in [0.4, 0.5) is 0 Å². The van der Waals surface area contributed by atoms with E-state index in [0.29, 0.717) is 30.6 Å². The van der Waals surface area contributed by atoms with Crippen LogP contribution >= 0.6 is 11.3 Å². The largest absolute Gasteiger partial charge is 0.356 e. The SMILES string of the molecule is O=S1(=O)CCC(CNC(=NCc2ccsc2)NC2CC2)C1. The van der Waals surface area contributed by atoms with Crippen molar-refractivity contribution >= 4 is 27.1 Å². The predicted molar refractivity (Wildman–Crippen MR) is 86.4 cm³/mol. The fraction of sp³-hybridized carbons (Fsp3) is 0.643. The van der Waals surface area contributed by atoms with Crippen LogP contribution in [-0.2, 0) is 16.4 Å². The van der Waals surface area contributed by atoms with Gasteiger partial charge in [-0.1, -0.05) is 0 Å². The standard InChI is InChI=1S/C14H21N3O2S2/c18-21(19)6-4-12(10-21)8-16-14(17-13-1-2-13)15-7-11-3-5-20-9-11/h3,5,9,12-13H,1-2,4,6-8,10H2,(H2,15,16,17). The van der Waals surface area contributed by atoms with E-state index in [1.165, 1.54) is 18.4 Å². The molecule has 21 heavy (non-hydrogen) atoms. The smallest absolute Gasteiger partial charge is 0.191 e. The van der Waals surface area contributed by atoms with E-state index in [1.807, 2.05) is 0 Å². The molecule has 0 aromatic carbocycles. The lowest BCUT2D eigenvalue weighted by molar-refractivity contribution is 0.566. The molecular formula is C14H21N3O2S2. The molecular weight excluding hydrogens is 306 g/mol. The Labute approximate surface area is 129 Å². The number of aliphatic imine (C=N–C) groups is 1. The first-order chi connectivity index (χ1) is 10.1. The van der Waals surface area contributed by atoms with Crippen molar-refractivity contribution in [1.29, 1.82) is 0 Å². The second-order valence-electron chi connectivity index (χ2n) is 5.87. The number of hydrogen-bond donors (Lipinski definition) is 2. The zero-order valence-corrected chi connectivity index (χ0v) is 13.5. The van der Waals surface area contributed by atoms with Gasteiger partial charge in [-0.25, -0.2) is 13.4 Å². The van der Waals surface area contributed by atoms with E-state index in [-0.39, 0.29) is 5.92 Å². The van der Waals surface area contributed by atoms with Crippen LogP contribution in [0.1, 0.15) is 24.8 Å². The van der Waals surface area contributed by atoms with E-state index >= 15 is 0 Å². The van der Waals surface area contributed by atoms with Gasteiger partial charge in [0.1, 0.15) is 0 Å². The normalized spacial score (nSPS) is 25.0. The highest BCUT2D eigenvalue weighted by atomic mass is 32.2. The lowest BCUT2D eigenvalue weighted by Gasteiger charge is -2.14. The first kappa shape index (κ1) is 14.8. The van der Waals surface area contributed by atoms with Crippen molar-refractivity contribution < 1.29 is 8.42 Å². The van der Waals surface area contributed by atoms with Crippen molar-refractivity contribution in [2.75, 3.05) is 18.1 Å². The lowest BCUT2D eigenvalue weighted by atomic mass is 10.1. The lowest BCUT2D eigenvalue weighted by Crippen LogP contribution is -2.41. The summed E-state index contributed by atoms with van der Waals surface area (Å²) in [6.45, 7) is 1.34. The maximum atomic E-state index is 11.5. The highest BCUT2D eigenvalue weighted by molar-refractivity contribution is 7.91. The Kier molecular flexibility index (Phi) is 4.49. The number of nitrogens with zero attached hydrogens (tertiary/aromatic N) is 1. The average molecular weight is 327 g/mol. The molecule has 1 aliphatic heterocycles. The molecule has 3 rings (SSSR count). The van der Waals surface area contributed by atoms with E-state index in [1.54, 1.807) is 11.3 Å². The molecule has 1 saturated heterocycles. The topological polar surface area (TPSA) is 70.6 Å². The summed E-state index contributed by atoms with van der Waals surface area (Å²) in [5.41, 5.74) is 1.21. The summed E-state index contributed by atoms with van der Waals surface area (Å²) in [5, 5.41) is 10.9. The van der Waals surface area contributed by atoms with Crippen LogP contribution in [0.15, 0.2) is 21.8 Å². The monoisotopic (exact) mass is 327 g/mol. The highest BCUT2D eigenvalue weighted by Gasteiger charge is 2.28. The molecule has 0 spiro atoms. The summed E-state index contributed by atoms with van der Waals surface area (Å²) in [7, 11) is -2.80. The molecule has 0 bridgehead atoms. The zero-order chi connectivity index (χ0) is 14.7. The minimum Gasteiger partial charge on any atom is -0.356 e. The maximum Gasteiger partial charge on any atom is 0.191 e. The number of rotatable bonds is 5. The first-order valence-electron chi connectivity index (χ1n) is 7.37. The summed E-state index contributed by atoms with van der Waals surface area (Å²) in [4.78, 5) is 4.60. The number of thiophene rings is 1. The van der Waals surface area contributed by atoms with E-state index in [4.69, 9.17) is 0 Å². The Bertz CT molecular complexity index is 592. The molecule has 0 radical (unpaired) electrons. The molecule has 2 N–H and O–H groups in total. The van der Waals surface area contributed by atoms with Crippen molar-refractivity contribution in [3.05, 3.63) is 22.4 Å². The summed E-state index contributed by atoms with van der Waals surface area (Å²) < 4.78 is 23.0. The molecule has 116 valence electrons. The van der Waals surface area contributed by atoms with Gasteiger partial charge in [0.15, 0.2) is 15.8 Å².